The van der Waals surface area contributed by atoms with Gasteiger partial charge < -0.3 is 9.57 Å². The molecule has 6 nitrogen and oxygen atoms in total. The molecule has 0 aliphatic heterocycles. The van der Waals surface area contributed by atoms with Crippen molar-refractivity contribution in [3.63, 3.8) is 0 Å². The standard InChI is InChI=1S/C10H14N2O4/c1-5-15-8(13)7(6-11)12-16-9(14)10(2,3)4/h5H2,1-4H3/b12-7+. The van der Waals surface area contributed by atoms with E-state index in [-0.39, 0.29) is 6.61 Å². The Morgan fingerprint density at radius 1 is 1.38 bits per heavy atom. The first-order chi connectivity index (χ1) is 7.32. The van der Waals surface area contributed by atoms with Crippen molar-refractivity contribution in [1.82, 2.24) is 0 Å². The Morgan fingerprint density at radius 3 is 2.31 bits per heavy atom. The van der Waals surface area contributed by atoms with E-state index in [1.807, 2.05) is 0 Å². The number of carbonyl (C=O) groups is 2. The zero-order chi connectivity index (χ0) is 12.8. The van der Waals surface area contributed by atoms with Crippen molar-refractivity contribution in [1.29, 1.82) is 5.26 Å². The molecule has 0 heterocycles. The summed E-state index contributed by atoms with van der Waals surface area (Å²) in [6, 6.07) is 1.49. The maximum absolute atomic E-state index is 11.3. The number of carbonyl (C=O) groups excluding carboxylic acids is 2. The number of esters is 1. The number of hydrogen-bond donors (Lipinski definition) is 0. The van der Waals surface area contributed by atoms with Crippen LogP contribution >= 0.6 is 0 Å². The molecule has 0 aromatic rings. The molecule has 0 aliphatic rings. The van der Waals surface area contributed by atoms with E-state index in [0.717, 1.165) is 0 Å². The molecular formula is C10H14N2O4. The molecule has 0 atom stereocenters. The van der Waals surface area contributed by atoms with Crippen LogP contribution in [0.4, 0.5) is 0 Å². The summed E-state index contributed by atoms with van der Waals surface area (Å²) in [5, 5.41) is 11.7. The summed E-state index contributed by atoms with van der Waals surface area (Å²) < 4.78 is 4.53. The second-order valence-electron chi connectivity index (χ2n) is 3.90. The number of hydrogen-bond acceptors (Lipinski definition) is 6. The minimum atomic E-state index is -0.910. The predicted octanol–water partition coefficient (Wildman–Crippen LogP) is 1.02. The molecular weight excluding hydrogens is 212 g/mol. The highest BCUT2D eigenvalue weighted by Gasteiger charge is 2.24. The van der Waals surface area contributed by atoms with Gasteiger partial charge in [-0.3, -0.25) is 0 Å². The summed E-state index contributed by atoms with van der Waals surface area (Å²) in [4.78, 5) is 26.8. The Morgan fingerprint density at radius 2 is 1.94 bits per heavy atom. The second-order valence-corrected chi connectivity index (χ2v) is 3.90. The smallest absolute Gasteiger partial charge is 0.371 e. The lowest BCUT2D eigenvalue weighted by Gasteiger charge is -2.12. The fourth-order valence-electron chi connectivity index (χ4n) is 0.527. The predicted molar refractivity (Wildman–Crippen MR) is 55.2 cm³/mol. The highest BCUT2D eigenvalue weighted by atomic mass is 16.7. The highest BCUT2D eigenvalue weighted by Crippen LogP contribution is 2.15. The highest BCUT2D eigenvalue weighted by molar-refractivity contribution is 6.42. The van der Waals surface area contributed by atoms with Gasteiger partial charge in [0.15, 0.2) is 0 Å². The summed E-state index contributed by atoms with van der Waals surface area (Å²) in [6.45, 7) is 6.59. The third-order valence-corrected chi connectivity index (χ3v) is 1.41. The van der Waals surface area contributed by atoms with Crippen molar-refractivity contribution >= 4 is 17.7 Å². The summed E-state index contributed by atoms with van der Waals surface area (Å²) in [6.07, 6.45) is 0. The van der Waals surface area contributed by atoms with E-state index in [1.54, 1.807) is 27.7 Å². The molecule has 0 saturated heterocycles. The largest absolute Gasteiger partial charge is 0.461 e. The normalized spacial score (nSPS) is 11.6. The number of nitriles is 1. The van der Waals surface area contributed by atoms with E-state index in [2.05, 4.69) is 14.7 Å². The average molecular weight is 226 g/mol. The van der Waals surface area contributed by atoms with E-state index in [0.29, 0.717) is 0 Å². The van der Waals surface area contributed by atoms with Gasteiger partial charge >= 0.3 is 11.9 Å². The maximum atomic E-state index is 11.3. The Kier molecular flexibility index (Phi) is 5.16. The number of nitrogens with zero attached hydrogens (tertiary/aromatic N) is 2. The summed E-state index contributed by atoms with van der Waals surface area (Å²) in [5.74, 6) is -1.55. The molecule has 0 aromatic carbocycles. The van der Waals surface area contributed by atoms with Crippen molar-refractivity contribution in [2.45, 2.75) is 27.7 Å². The van der Waals surface area contributed by atoms with Crippen LogP contribution < -0.4 is 0 Å². The molecule has 0 unspecified atom stereocenters. The van der Waals surface area contributed by atoms with Crippen molar-refractivity contribution in [3.8, 4) is 6.07 Å². The van der Waals surface area contributed by atoms with Crippen molar-refractivity contribution in [3.05, 3.63) is 0 Å². The molecule has 0 aromatic heterocycles. The fourth-order valence-corrected chi connectivity index (χ4v) is 0.527. The molecule has 0 aliphatic carbocycles. The minimum Gasteiger partial charge on any atom is -0.461 e. The summed E-state index contributed by atoms with van der Waals surface area (Å²) in [5.41, 5.74) is -1.34. The molecule has 0 saturated carbocycles. The van der Waals surface area contributed by atoms with E-state index >= 15 is 0 Å². The third-order valence-electron chi connectivity index (χ3n) is 1.41. The lowest BCUT2D eigenvalue weighted by molar-refractivity contribution is -0.153. The van der Waals surface area contributed by atoms with Crippen LogP contribution in [-0.2, 0) is 19.2 Å². The first-order valence-corrected chi connectivity index (χ1v) is 4.69. The third kappa shape index (κ3) is 4.55. The molecule has 0 spiro atoms. The number of oxime groups is 1. The fraction of sp³-hybridized carbons (Fsp3) is 0.600. The van der Waals surface area contributed by atoms with Crippen molar-refractivity contribution in [2.75, 3.05) is 6.61 Å². The number of ether oxygens (including phenoxy) is 1. The van der Waals surface area contributed by atoms with Gasteiger partial charge in [0.1, 0.15) is 6.07 Å². The molecule has 0 N–H and O–H groups in total. The first kappa shape index (κ1) is 14.1. The van der Waals surface area contributed by atoms with Gasteiger partial charge in [-0.15, -0.1) is 0 Å². The second kappa shape index (κ2) is 5.85. The monoisotopic (exact) mass is 226 g/mol. The number of rotatable bonds is 3. The van der Waals surface area contributed by atoms with E-state index < -0.39 is 23.1 Å². The van der Waals surface area contributed by atoms with Crippen LogP contribution in [0.1, 0.15) is 27.7 Å². The Balaban J connectivity index is 4.58. The molecule has 0 amide bonds. The van der Waals surface area contributed by atoms with Crippen LogP contribution in [0.3, 0.4) is 0 Å². The summed E-state index contributed by atoms with van der Waals surface area (Å²) in [7, 11) is 0. The van der Waals surface area contributed by atoms with Gasteiger partial charge in [-0.05, 0) is 27.7 Å². The van der Waals surface area contributed by atoms with Crippen LogP contribution in [-0.4, -0.2) is 24.3 Å². The Hall–Kier alpha value is -1.90. The van der Waals surface area contributed by atoms with Crippen LogP contribution in [0.25, 0.3) is 0 Å². The van der Waals surface area contributed by atoms with Gasteiger partial charge in [0.25, 0.3) is 5.71 Å². The zero-order valence-electron chi connectivity index (χ0n) is 9.73. The average Bonchev–Trinajstić information content (AvgIpc) is 2.17. The zero-order valence-corrected chi connectivity index (χ0v) is 9.73. The molecule has 0 rings (SSSR count). The van der Waals surface area contributed by atoms with Gasteiger partial charge in [0, 0.05) is 0 Å². The van der Waals surface area contributed by atoms with Crippen LogP contribution in [0, 0.1) is 16.7 Å². The van der Waals surface area contributed by atoms with Crippen LogP contribution in [0.15, 0.2) is 5.16 Å². The van der Waals surface area contributed by atoms with Gasteiger partial charge in [0.05, 0.1) is 12.0 Å². The molecule has 0 fully saturated rings. The van der Waals surface area contributed by atoms with Crippen molar-refractivity contribution < 1.29 is 19.2 Å². The topological polar surface area (TPSA) is 88.8 Å². The van der Waals surface area contributed by atoms with Crippen LogP contribution in [0.2, 0.25) is 0 Å². The van der Waals surface area contributed by atoms with Crippen LogP contribution in [0.5, 0.6) is 0 Å². The van der Waals surface area contributed by atoms with E-state index in [1.165, 1.54) is 6.07 Å². The molecule has 88 valence electrons. The van der Waals surface area contributed by atoms with Gasteiger partial charge in [-0.2, -0.15) is 5.26 Å². The molecule has 6 heteroatoms. The quantitative estimate of drug-likeness (QED) is 0.310. The molecule has 0 radical (unpaired) electrons. The SMILES string of the molecule is CCOC(=O)/C(C#N)=N/OC(=O)C(C)(C)C. The van der Waals surface area contributed by atoms with E-state index in [4.69, 9.17) is 5.26 Å². The van der Waals surface area contributed by atoms with Gasteiger partial charge in [-0.1, -0.05) is 5.16 Å². The lowest BCUT2D eigenvalue weighted by Crippen LogP contribution is -2.23. The minimum absolute atomic E-state index is 0.118. The maximum Gasteiger partial charge on any atom is 0.371 e. The van der Waals surface area contributed by atoms with Crippen molar-refractivity contribution in [2.24, 2.45) is 10.6 Å². The van der Waals surface area contributed by atoms with E-state index in [9.17, 15) is 9.59 Å². The summed E-state index contributed by atoms with van der Waals surface area (Å²) >= 11 is 0. The lowest BCUT2D eigenvalue weighted by atomic mass is 9.98. The Labute approximate surface area is 93.8 Å². The van der Waals surface area contributed by atoms with Gasteiger partial charge in [0.2, 0.25) is 0 Å². The molecule has 16 heavy (non-hydrogen) atoms. The molecule has 0 bridgehead atoms. The first-order valence-electron chi connectivity index (χ1n) is 4.69. The van der Waals surface area contributed by atoms with Gasteiger partial charge in [-0.25, -0.2) is 9.59 Å². The Bertz CT molecular complexity index is 347.